The van der Waals surface area contributed by atoms with Gasteiger partial charge in [-0.05, 0) is 25.6 Å². The van der Waals surface area contributed by atoms with Crippen molar-refractivity contribution in [3.8, 4) is 0 Å². The van der Waals surface area contributed by atoms with Crippen molar-refractivity contribution in [1.82, 2.24) is 10.3 Å². The second kappa shape index (κ2) is 8.01. The normalized spacial score (nSPS) is 12.7. The molecule has 0 amide bonds. The van der Waals surface area contributed by atoms with Gasteiger partial charge in [0.25, 0.3) is 0 Å². The summed E-state index contributed by atoms with van der Waals surface area (Å²) in [5, 5.41) is 4.66. The number of pyridine rings is 1. The molecular formula is C18H26N2. The van der Waals surface area contributed by atoms with E-state index in [1.807, 2.05) is 0 Å². The predicted molar refractivity (Wildman–Crippen MR) is 87.1 cm³/mol. The van der Waals surface area contributed by atoms with E-state index in [-0.39, 0.29) is 0 Å². The Morgan fingerprint density at radius 3 is 2.70 bits per heavy atom. The van der Waals surface area contributed by atoms with E-state index in [0.29, 0.717) is 6.04 Å². The number of para-hydroxylation sites is 1. The van der Waals surface area contributed by atoms with Crippen LogP contribution < -0.4 is 5.32 Å². The molecule has 1 N–H and O–H groups in total. The summed E-state index contributed by atoms with van der Waals surface area (Å²) in [6.07, 6.45) is 7.58. The average molecular weight is 270 g/mol. The van der Waals surface area contributed by atoms with Gasteiger partial charge in [0.2, 0.25) is 0 Å². The van der Waals surface area contributed by atoms with E-state index >= 15 is 0 Å². The highest BCUT2D eigenvalue weighted by Crippen LogP contribution is 2.14. The Bertz CT molecular complexity index is 522. The van der Waals surface area contributed by atoms with E-state index in [4.69, 9.17) is 4.98 Å². The fourth-order valence-electron chi connectivity index (χ4n) is 2.64. The molecule has 1 heterocycles. The van der Waals surface area contributed by atoms with Gasteiger partial charge >= 0.3 is 0 Å². The van der Waals surface area contributed by atoms with Crippen LogP contribution in [0.5, 0.6) is 0 Å². The zero-order chi connectivity index (χ0) is 14.2. The molecule has 2 aromatic rings. The van der Waals surface area contributed by atoms with Crippen LogP contribution in [0.4, 0.5) is 0 Å². The third-order valence-electron chi connectivity index (χ3n) is 3.93. The van der Waals surface area contributed by atoms with Crippen LogP contribution in [-0.2, 0) is 6.42 Å². The van der Waals surface area contributed by atoms with Gasteiger partial charge in [0.15, 0.2) is 0 Å². The van der Waals surface area contributed by atoms with Crippen molar-refractivity contribution in [2.75, 3.05) is 7.05 Å². The lowest BCUT2D eigenvalue weighted by molar-refractivity contribution is 0.482. The van der Waals surface area contributed by atoms with E-state index in [9.17, 15) is 0 Å². The Labute approximate surface area is 122 Å². The molecular weight excluding hydrogens is 244 g/mol. The molecule has 0 spiro atoms. The summed E-state index contributed by atoms with van der Waals surface area (Å²) in [6.45, 7) is 2.26. The van der Waals surface area contributed by atoms with Gasteiger partial charge in [-0.1, -0.05) is 56.9 Å². The van der Waals surface area contributed by atoms with Crippen molar-refractivity contribution >= 4 is 10.9 Å². The SMILES string of the molecule is CCCCCCC(Cc1ccc2ccccc2n1)NC. The number of aromatic nitrogens is 1. The maximum atomic E-state index is 4.77. The van der Waals surface area contributed by atoms with Crippen LogP contribution >= 0.6 is 0 Å². The van der Waals surface area contributed by atoms with Gasteiger partial charge in [-0.2, -0.15) is 0 Å². The summed E-state index contributed by atoms with van der Waals surface area (Å²) >= 11 is 0. The highest BCUT2D eigenvalue weighted by molar-refractivity contribution is 5.78. The molecule has 0 saturated heterocycles. The first-order chi connectivity index (χ1) is 9.83. The fourth-order valence-corrected chi connectivity index (χ4v) is 2.64. The molecule has 0 aliphatic carbocycles. The molecule has 108 valence electrons. The van der Waals surface area contributed by atoms with Crippen molar-refractivity contribution in [2.45, 2.75) is 51.5 Å². The van der Waals surface area contributed by atoms with E-state index in [1.165, 1.54) is 43.2 Å². The Morgan fingerprint density at radius 2 is 1.90 bits per heavy atom. The molecule has 0 aliphatic heterocycles. The molecule has 1 atom stereocenters. The minimum absolute atomic E-state index is 0.542. The summed E-state index contributed by atoms with van der Waals surface area (Å²) in [6, 6.07) is 13.2. The third kappa shape index (κ3) is 4.31. The fraction of sp³-hybridized carbons (Fsp3) is 0.500. The molecule has 2 nitrogen and oxygen atoms in total. The largest absolute Gasteiger partial charge is 0.317 e. The lowest BCUT2D eigenvalue weighted by Crippen LogP contribution is -2.27. The first-order valence-corrected chi connectivity index (χ1v) is 7.85. The minimum atomic E-state index is 0.542. The maximum Gasteiger partial charge on any atom is 0.0705 e. The van der Waals surface area contributed by atoms with Crippen LogP contribution in [0.3, 0.4) is 0 Å². The molecule has 0 radical (unpaired) electrons. The van der Waals surface area contributed by atoms with Crippen molar-refractivity contribution < 1.29 is 0 Å². The van der Waals surface area contributed by atoms with E-state index in [1.54, 1.807) is 0 Å². The summed E-state index contributed by atoms with van der Waals surface area (Å²) in [5.41, 5.74) is 2.30. The van der Waals surface area contributed by atoms with Crippen molar-refractivity contribution in [3.05, 3.63) is 42.1 Å². The van der Waals surface area contributed by atoms with Crippen LogP contribution in [0, 0.1) is 0 Å². The summed E-state index contributed by atoms with van der Waals surface area (Å²) in [7, 11) is 2.06. The van der Waals surface area contributed by atoms with Gasteiger partial charge in [-0.3, -0.25) is 4.98 Å². The average Bonchev–Trinajstić information content (AvgIpc) is 2.50. The van der Waals surface area contributed by atoms with Gasteiger partial charge in [0, 0.05) is 23.5 Å². The second-order valence-corrected chi connectivity index (χ2v) is 5.53. The smallest absolute Gasteiger partial charge is 0.0705 e. The van der Waals surface area contributed by atoms with Gasteiger partial charge in [-0.25, -0.2) is 0 Å². The molecule has 0 aliphatic rings. The monoisotopic (exact) mass is 270 g/mol. The lowest BCUT2D eigenvalue weighted by atomic mass is 10.0. The van der Waals surface area contributed by atoms with Gasteiger partial charge in [0.1, 0.15) is 0 Å². The van der Waals surface area contributed by atoms with Crippen LogP contribution in [0.25, 0.3) is 10.9 Å². The lowest BCUT2D eigenvalue weighted by Gasteiger charge is -2.16. The molecule has 1 unspecified atom stereocenters. The number of benzene rings is 1. The third-order valence-corrected chi connectivity index (χ3v) is 3.93. The van der Waals surface area contributed by atoms with Crippen LogP contribution in [-0.4, -0.2) is 18.1 Å². The Kier molecular flexibility index (Phi) is 6.00. The molecule has 20 heavy (non-hydrogen) atoms. The first kappa shape index (κ1) is 15.0. The summed E-state index contributed by atoms with van der Waals surface area (Å²) in [5.74, 6) is 0. The van der Waals surface area contributed by atoms with Gasteiger partial charge in [0.05, 0.1) is 5.52 Å². The molecule has 0 saturated carbocycles. The Balaban J connectivity index is 1.94. The van der Waals surface area contributed by atoms with E-state index in [2.05, 4.69) is 55.7 Å². The molecule has 0 bridgehead atoms. The number of fused-ring (bicyclic) bond motifs is 1. The van der Waals surface area contributed by atoms with Crippen molar-refractivity contribution in [2.24, 2.45) is 0 Å². The Hall–Kier alpha value is -1.41. The predicted octanol–water partition coefficient (Wildman–Crippen LogP) is 4.34. The topological polar surface area (TPSA) is 24.9 Å². The van der Waals surface area contributed by atoms with Gasteiger partial charge < -0.3 is 5.32 Å². The number of unbranched alkanes of at least 4 members (excludes halogenated alkanes) is 3. The molecule has 0 fully saturated rings. The van der Waals surface area contributed by atoms with Crippen molar-refractivity contribution in [3.63, 3.8) is 0 Å². The quantitative estimate of drug-likeness (QED) is 0.722. The zero-order valence-electron chi connectivity index (χ0n) is 12.7. The highest BCUT2D eigenvalue weighted by Gasteiger charge is 2.08. The standard InChI is InChI=1S/C18H26N2/c1-3-4-5-6-10-16(19-2)14-17-13-12-15-9-7-8-11-18(15)20-17/h7-9,11-13,16,19H,3-6,10,14H2,1-2H3. The van der Waals surface area contributed by atoms with Crippen LogP contribution in [0.2, 0.25) is 0 Å². The second-order valence-electron chi connectivity index (χ2n) is 5.53. The van der Waals surface area contributed by atoms with Crippen LogP contribution in [0.15, 0.2) is 36.4 Å². The number of hydrogen-bond acceptors (Lipinski definition) is 2. The Morgan fingerprint density at radius 1 is 1.05 bits per heavy atom. The van der Waals surface area contributed by atoms with Crippen molar-refractivity contribution in [1.29, 1.82) is 0 Å². The van der Waals surface area contributed by atoms with E-state index in [0.717, 1.165) is 11.9 Å². The molecule has 1 aromatic carbocycles. The minimum Gasteiger partial charge on any atom is -0.317 e. The molecule has 2 rings (SSSR count). The summed E-state index contributed by atoms with van der Waals surface area (Å²) in [4.78, 5) is 4.77. The van der Waals surface area contributed by atoms with Gasteiger partial charge in [-0.15, -0.1) is 0 Å². The highest BCUT2D eigenvalue weighted by atomic mass is 14.9. The summed E-state index contributed by atoms with van der Waals surface area (Å²) < 4.78 is 0. The molecule has 1 aromatic heterocycles. The van der Waals surface area contributed by atoms with E-state index < -0.39 is 0 Å². The number of nitrogens with one attached hydrogen (secondary N) is 1. The maximum absolute atomic E-state index is 4.77. The number of nitrogens with zero attached hydrogens (tertiary/aromatic N) is 1. The number of hydrogen-bond donors (Lipinski definition) is 1. The molecule has 2 heteroatoms. The van der Waals surface area contributed by atoms with Crippen LogP contribution in [0.1, 0.15) is 44.7 Å². The number of rotatable bonds is 8. The first-order valence-electron chi connectivity index (χ1n) is 7.85. The number of likely N-dealkylation sites (N-methyl/N-ethyl adjacent to an activating group) is 1. The zero-order valence-corrected chi connectivity index (χ0v) is 12.7.